The Balaban J connectivity index is 1.59. The van der Waals surface area contributed by atoms with Crippen LogP contribution in [0, 0.1) is 0 Å². The predicted molar refractivity (Wildman–Crippen MR) is 113 cm³/mol. The van der Waals surface area contributed by atoms with Crippen LogP contribution >= 0.6 is 11.6 Å². The molecule has 2 aromatic heterocycles. The van der Waals surface area contributed by atoms with Gasteiger partial charge in [0.2, 0.25) is 5.09 Å². The largest absolute Gasteiger partial charge is 0.443 e. The molecule has 0 saturated carbocycles. The zero-order chi connectivity index (χ0) is 21.4. The molecule has 2 N–H and O–H groups in total. The minimum Gasteiger partial charge on any atom is -0.443 e. The summed E-state index contributed by atoms with van der Waals surface area (Å²) < 4.78 is 59.5. The number of para-hydroxylation sites is 1. The minimum absolute atomic E-state index is 0.0256. The Morgan fingerprint density at radius 3 is 2.73 bits per heavy atom. The first-order valence-electron chi connectivity index (χ1n) is 9.02. The third-order valence-electron chi connectivity index (χ3n) is 4.71. The molecule has 1 atom stereocenters. The molecule has 158 valence electrons. The lowest BCUT2D eigenvalue weighted by molar-refractivity contribution is 0.471. The third kappa shape index (κ3) is 4.36. The number of hydrogen-bond donors (Lipinski definition) is 2. The van der Waals surface area contributed by atoms with Crippen LogP contribution in [0.5, 0.6) is 0 Å². The van der Waals surface area contributed by atoms with Crippen molar-refractivity contribution in [3.05, 3.63) is 70.4 Å². The molecule has 11 heteroatoms. The van der Waals surface area contributed by atoms with Crippen LogP contribution in [0.3, 0.4) is 0 Å². The summed E-state index contributed by atoms with van der Waals surface area (Å²) in [4.78, 5) is -0.0323. The SMILES string of the molecule is O=S(=O)(CCc1cn[nH]c1)C1=CC=C(Cl)CC1NS(=O)(=O)c1cc2ccccc2o1. The molecule has 0 aliphatic heterocycles. The van der Waals surface area contributed by atoms with Gasteiger partial charge in [0.15, 0.2) is 9.84 Å². The van der Waals surface area contributed by atoms with Crippen molar-refractivity contribution in [3.63, 3.8) is 0 Å². The van der Waals surface area contributed by atoms with Crippen molar-refractivity contribution in [3.8, 4) is 0 Å². The third-order valence-corrected chi connectivity index (χ3v) is 8.20. The topological polar surface area (TPSA) is 122 Å². The van der Waals surface area contributed by atoms with Crippen molar-refractivity contribution in [1.82, 2.24) is 14.9 Å². The zero-order valence-corrected chi connectivity index (χ0v) is 18.0. The average molecular weight is 468 g/mol. The number of nitrogens with zero attached hydrogens (tertiary/aromatic N) is 1. The quantitative estimate of drug-likeness (QED) is 0.551. The van der Waals surface area contributed by atoms with Gasteiger partial charge in [-0.15, -0.1) is 0 Å². The Bertz CT molecular complexity index is 1310. The van der Waals surface area contributed by atoms with Crippen LogP contribution in [0.4, 0.5) is 0 Å². The molecule has 8 nitrogen and oxygen atoms in total. The summed E-state index contributed by atoms with van der Waals surface area (Å²) in [6, 6.07) is 7.24. The maximum absolute atomic E-state index is 12.9. The van der Waals surface area contributed by atoms with Gasteiger partial charge >= 0.3 is 0 Å². The van der Waals surface area contributed by atoms with Crippen molar-refractivity contribution < 1.29 is 21.3 Å². The van der Waals surface area contributed by atoms with Crippen molar-refractivity contribution in [2.75, 3.05) is 5.75 Å². The predicted octanol–water partition coefficient (Wildman–Crippen LogP) is 2.87. The van der Waals surface area contributed by atoms with E-state index in [0.29, 0.717) is 16.0 Å². The number of sulfonamides is 1. The molecule has 0 fully saturated rings. The number of furan rings is 1. The maximum atomic E-state index is 12.9. The first-order valence-corrected chi connectivity index (χ1v) is 12.5. The van der Waals surface area contributed by atoms with Gasteiger partial charge in [-0.25, -0.2) is 16.8 Å². The standard InChI is InChI=1S/C19H18ClN3O5S2/c20-15-5-6-18(29(24,25)8-7-13-11-21-22-12-13)16(10-15)23-30(26,27)19-9-14-3-1-2-4-17(14)28-19/h1-6,9,11-12,16,23H,7-8,10H2,(H,21,22). The number of hydrogen-bond acceptors (Lipinski definition) is 6. The van der Waals surface area contributed by atoms with Crippen molar-refractivity contribution >= 4 is 42.4 Å². The van der Waals surface area contributed by atoms with Crippen molar-refractivity contribution in [2.24, 2.45) is 0 Å². The number of aryl methyl sites for hydroxylation is 1. The molecule has 0 amide bonds. The van der Waals surface area contributed by atoms with Crippen molar-refractivity contribution in [1.29, 1.82) is 0 Å². The number of halogens is 1. The number of H-pyrrole nitrogens is 1. The van der Waals surface area contributed by atoms with Gasteiger partial charge in [0.25, 0.3) is 10.0 Å². The summed E-state index contributed by atoms with van der Waals surface area (Å²) in [5, 5.41) is 7.12. The Morgan fingerprint density at radius 2 is 2.00 bits per heavy atom. The molecule has 30 heavy (non-hydrogen) atoms. The highest BCUT2D eigenvalue weighted by atomic mass is 35.5. The van der Waals surface area contributed by atoms with Gasteiger partial charge in [0.05, 0.1) is 22.9 Å². The summed E-state index contributed by atoms with van der Waals surface area (Å²) in [5.41, 5.74) is 1.16. The highest BCUT2D eigenvalue weighted by Gasteiger charge is 2.33. The molecule has 4 rings (SSSR count). The van der Waals surface area contributed by atoms with Crippen LogP contribution in [0.2, 0.25) is 0 Å². The molecule has 3 aromatic rings. The normalized spacial score (nSPS) is 17.7. The molecule has 1 aliphatic carbocycles. The Labute approximate surface area is 178 Å². The molecule has 1 unspecified atom stereocenters. The van der Waals surface area contributed by atoms with Gasteiger partial charge in [-0.2, -0.15) is 9.82 Å². The highest BCUT2D eigenvalue weighted by molar-refractivity contribution is 7.95. The van der Waals surface area contributed by atoms with E-state index in [2.05, 4.69) is 14.9 Å². The molecular weight excluding hydrogens is 450 g/mol. The molecule has 0 radical (unpaired) electrons. The fraction of sp³-hybridized carbons (Fsp3) is 0.211. The highest BCUT2D eigenvalue weighted by Crippen LogP contribution is 2.29. The molecule has 2 heterocycles. The summed E-state index contributed by atoms with van der Waals surface area (Å²) in [7, 11) is -7.87. The van der Waals surface area contributed by atoms with Crippen LogP contribution in [0.25, 0.3) is 11.0 Å². The van der Waals surface area contributed by atoms with E-state index < -0.39 is 25.9 Å². The maximum Gasteiger partial charge on any atom is 0.274 e. The molecule has 1 aliphatic rings. The van der Waals surface area contributed by atoms with E-state index in [4.69, 9.17) is 16.0 Å². The first kappa shape index (κ1) is 20.9. The van der Waals surface area contributed by atoms with Gasteiger partial charge < -0.3 is 4.42 Å². The number of benzene rings is 1. The summed E-state index contributed by atoms with van der Waals surface area (Å²) in [5.74, 6) is -0.188. The number of nitrogens with one attached hydrogen (secondary N) is 2. The Hall–Kier alpha value is -2.40. The van der Waals surface area contributed by atoms with Crippen LogP contribution in [-0.2, 0) is 26.3 Å². The van der Waals surface area contributed by atoms with Gasteiger partial charge in [-0.05, 0) is 30.2 Å². The molecule has 1 aromatic carbocycles. The monoisotopic (exact) mass is 467 g/mol. The zero-order valence-electron chi connectivity index (χ0n) is 15.6. The Morgan fingerprint density at radius 1 is 1.20 bits per heavy atom. The number of fused-ring (bicyclic) bond motifs is 1. The van der Waals surface area contributed by atoms with E-state index in [-0.39, 0.29) is 28.6 Å². The lowest BCUT2D eigenvalue weighted by Gasteiger charge is -2.23. The van der Waals surface area contributed by atoms with Gasteiger partial charge in [0.1, 0.15) is 5.58 Å². The summed E-state index contributed by atoms with van der Waals surface area (Å²) >= 11 is 6.08. The molecular formula is C19H18ClN3O5S2. The molecule has 0 saturated heterocycles. The second-order valence-corrected chi connectivity index (χ2v) is 11.1. The Kier molecular flexibility index (Phi) is 5.58. The number of aromatic amines is 1. The average Bonchev–Trinajstić information content (AvgIpc) is 3.36. The fourth-order valence-electron chi connectivity index (χ4n) is 3.19. The number of allylic oxidation sites excluding steroid dienone is 2. The first-order chi connectivity index (χ1) is 14.2. The molecule has 0 bridgehead atoms. The lowest BCUT2D eigenvalue weighted by atomic mass is 10.1. The van der Waals surface area contributed by atoms with E-state index >= 15 is 0 Å². The smallest absolute Gasteiger partial charge is 0.274 e. The van der Waals surface area contributed by atoms with Crippen LogP contribution < -0.4 is 4.72 Å². The number of sulfone groups is 1. The van der Waals surface area contributed by atoms with E-state index in [1.54, 1.807) is 36.7 Å². The van der Waals surface area contributed by atoms with E-state index in [0.717, 1.165) is 5.56 Å². The van der Waals surface area contributed by atoms with Crippen LogP contribution in [0.15, 0.2) is 74.3 Å². The van der Waals surface area contributed by atoms with Gasteiger partial charge in [0, 0.05) is 29.1 Å². The molecule has 0 spiro atoms. The number of aromatic nitrogens is 2. The van der Waals surface area contributed by atoms with Crippen LogP contribution in [0.1, 0.15) is 12.0 Å². The van der Waals surface area contributed by atoms with Crippen molar-refractivity contribution in [2.45, 2.75) is 24.0 Å². The lowest BCUT2D eigenvalue weighted by Crippen LogP contribution is -2.39. The summed E-state index contributed by atoms with van der Waals surface area (Å²) in [6.45, 7) is 0. The summed E-state index contributed by atoms with van der Waals surface area (Å²) in [6.07, 6.45) is 6.25. The minimum atomic E-state index is -4.12. The van der Waals surface area contributed by atoms with E-state index in [1.165, 1.54) is 18.2 Å². The van der Waals surface area contributed by atoms with E-state index in [1.807, 2.05) is 0 Å². The second kappa shape index (κ2) is 8.03. The number of rotatable bonds is 7. The van der Waals surface area contributed by atoms with Gasteiger partial charge in [-0.1, -0.05) is 29.8 Å². The second-order valence-electron chi connectivity index (χ2n) is 6.84. The van der Waals surface area contributed by atoms with Gasteiger partial charge in [-0.3, -0.25) is 5.10 Å². The van der Waals surface area contributed by atoms with Crippen LogP contribution in [-0.4, -0.2) is 38.8 Å². The van der Waals surface area contributed by atoms with E-state index in [9.17, 15) is 16.8 Å². The fourth-order valence-corrected chi connectivity index (χ4v) is 6.26.